The van der Waals surface area contributed by atoms with Gasteiger partial charge in [-0.3, -0.25) is 4.79 Å². The number of halogens is 1. The van der Waals surface area contributed by atoms with E-state index in [2.05, 4.69) is 12.2 Å². The fraction of sp³-hybridized carbons (Fsp3) is 0.462. The number of amides is 1. The van der Waals surface area contributed by atoms with Gasteiger partial charge in [-0.2, -0.15) is 0 Å². The number of nitrogens with two attached hydrogens (primary N) is 1. The first-order valence-corrected chi connectivity index (χ1v) is 6.32. The fourth-order valence-corrected chi connectivity index (χ4v) is 1.87. The molecule has 1 amide bonds. The molecule has 0 aliphatic heterocycles. The van der Waals surface area contributed by atoms with Gasteiger partial charge in [0.1, 0.15) is 0 Å². The number of aliphatic hydroxyl groups excluding tert-OH is 1. The van der Waals surface area contributed by atoms with Crippen molar-refractivity contribution < 1.29 is 9.90 Å². The maximum absolute atomic E-state index is 11.0. The van der Waals surface area contributed by atoms with Gasteiger partial charge in [0.05, 0.1) is 0 Å². The molecule has 0 saturated heterocycles. The molecule has 4 nitrogen and oxygen atoms in total. The van der Waals surface area contributed by atoms with Crippen LogP contribution in [0, 0.1) is 5.92 Å². The first kappa shape index (κ1) is 15.0. The van der Waals surface area contributed by atoms with Crippen LogP contribution in [0.4, 0.5) is 0 Å². The molecule has 0 heterocycles. The highest BCUT2D eigenvalue weighted by Crippen LogP contribution is 2.17. The lowest BCUT2D eigenvalue weighted by atomic mass is 10.1. The molecule has 0 aliphatic carbocycles. The van der Waals surface area contributed by atoms with E-state index in [-0.39, 0.29) is 6.61 Å². The lowest BCUT2D eigenvalue weighted by Gasteiger charge is -2.12. The van der Waals surface area contributed by atoms with E-state index in [1.165, 1.54) is 0 Å². The highest BCUT2D eigenvalue weighted by molar-refractivity contribution is 6.31. The van der Waals surface area contributed by atoms with Gasteiger partial charge in [-0.25, -0.2) is 0 Å². The van der Waals surface area contributed by atoms with Crippen molar-refractivity contribution in [2.75, 3.05) is 13.2 Å². The van der Waals surface area contributed by atoms with Crippen molar-refractivity contribution in [3.05, 3.63) is 34.3 Å². The maximum atomic E-state index is 11.0. The van der Waals surface area contributed by atoms with Gasteiger partial charge in [0.2, 0.25) is 5.91 Å². The smallest absolute Gasteiger partial charge is 0.248 e. The summed E-state index contributed by atoms with van der Waals surface area (Å²) in [5.74, 6) is -0.0633. The molecule has 1 unspecified atom stereocenters. The molecule has 1 aromatic rings. The molecule has 1 aromatic carbocycles. The minimum atomic E-state index is -0.479. The molecule has 0 radical (unpaired) electrons. The Kier molecular flexibility index (Phi) is 6.12. The molecule has 5 heteroatoms. The number of primary amides is 1. The Morgan fingerprint density at radius 3 is 2.83 bits per heavy atom. The molecule has 100 valence electrons. The average Bonchev–Trinajstić information content (AvgIpc) is 2.31. The van der Waals surface area contributed by atoms with Gasteiger partial charge < -0.3 is 16.2 Å². The molecule has 1 atom stereocenters. The van der Waals surface area contributed by atoms with Crippen LogP contribution in [0.5, 0.6) is 0 Å². The standard InChI is InChI=1S/C13H19ClN2O2/c1-9(4-5-17)7-16-8-11-3-2-10(13(15)18)6-12(11)14/h2-3,6,9,16-17H,4-5,7-8H2,1H3,(H2,15,18). The van der Waals surface area contributed by atoms with E-state index < -0.39 is 5.91 Å². The maximum Gasteiger partial charge on any atom is 0.248 e. The van der Waals surface area contributed by atoms with Crippen LogP contribution in [0.1, 0.15) is 29.3 Å². The number of hydrogen-bond donors (Lipinski definition) is 3. The Balaban J connectivity index is 2.50. The van der Waals surface area contributed by atoms with E-state index in [0.29, 0.717) is 23.0 Å². The van der Waals surface area contributed by atoms with Crippen LogP contribution in [0.3, 0.4) is 0 Å². The molecular weight excluding hydrogens is 252 g/mol. The summed E-state index contributed by atoms with van der Waals surface area (Å²) in [5, 5.41) is 12.6. The van der Waals surface area contributed by atoms with Crippen molar-refractivity contribution in [1.29, 1.82) is 0 Å². The quantitative estimate of drug-likeness (QED) is 0.704. The van der Waals surface area contributed by atoms with E-state index in [1.54, 1.807) is 18.2 Å². The number of nitrogens with one attached hydrogen (secondary N) is 1. The summed E-state index contributed by atoms with van der Waals surface area (Å²) >= 11 is 6.06. The van der Waals surface area contributed by atoms with Crippen LogP contribution in [-0.2, 0) is 6.54 Å². The van der Waals surface area contributed by atoms with Crippen molar-refractivity contribution in [3.63, 3.8) is 0 Å². The largest absolute Gasteiger partial charge is 0.396 e. The molecule has 1 rings (SSSR count). The van der Waals surface area contributed by atoms with Crippen LogP contribution in [0.2, 0.25) is 5.02 Å². The number of benzene rings is 1. The summed E-state index contributed by atoms with van der Waals surface area (Å²) < 4.78 is 0. The van der Waals surface area contributed by atoms with Crippen molar-refractivity contribution in [3.8, 4) is 0 Å². The van der Waals surface area contributed by atoms with Crippen LogP contribution >= 0.6 is 11.6 Å². The number of hydrogen-bond acceptors (Lipinski definition) is 3. The molecule has 0 spiro atoms. The highest BCUT2D eigenvalue weighted by Gasteiger charge is 2.06. The second kappa shape index (κ2) is 7.36. The van der Waals surface area contributed by atoms with Gasteiger partial charge in [0.15, 0.2) is 0 Å². The molecule has 18 heavy (non-hydrogen) atoms. The predicted molar refractivity (Wildman–Crippen MR) is 72.5 cm³/mol. The summed E-state index contributed by atoms with van der Waals surface area (Å²) in [6.45, 7) is 3.72. The van der Waals surface area contributed by atoms with E-state index >= 15 is 0 Å². The average molecular weight is 271 g/mol. The number of carbonyl (C=O) groups is 1. The lowest BCUT2D eigenvalue weighted by Crippen LogP contribution is -2.21. The minimum absolute atomic E-state index is 0.205. The molecule has 4 N–H and O–H groups in total. The van der Waals surface area contributed by atoms with Gasteiger partial charge in [-0.05, 0) is 36.6 Å². The van der Waals surface area contributed by atoms with Gasteiger partial charge in [0, 0.05) is 23.7 Å². The summed E-state index contributed by atoms with van der Waals surface area (Å²) in [6, 6.07) is 5.05. The summed E-state index contributed by atoms with van der Waals surface area (Å²) in [5.41, 5.74) is 6.51. The van der Waals surface area contributed by atoms with E-state index in [4.69, 9.17) is 22.4 Å². The fourth-order valence-electron chi connectivity index (χ4n) is 1.62. The molecule has 0 aliphatic rings. The van der Waals surface area contributed by atoms with Crippen LogP contribution in [0.25, 0.3) is 0 Å². The third-order valence-electron chi connectivity index (χ3n) is 2.77. The predicted octanol–water partition coefficient (Wildman–Crippen LogP) is 1.55. The van der Waals surface area contributed by atoms with Crippen molar-refractivity contribution >= 4 is 17.5 Å². The number of rotatable bonds is 7. The molecule has 0 bridgehead atoms. The SMILES string of the molecule is CC(CCO)CNCc1ccc(C(N)=O)cc1Cl. The van der Waals surface area contributed by atoms with Crippen molar-refractivity contribution in [1.82, 2.24) is 5.32 Å². The monoisotopic (exact) mass is 270 g/mol. The summed E-state index contributed by atoms with van der Waals surface area (Å²) in [7, 11) is 0. The minimum Gasteiger partial charge on any atom is -0.396 e. The topological polar surface area (TPSA) is 75.3 Å². The Morgan fingerprint density at radius 2 is 2.28 bits per heavy atom. The van der Waals surface area contributed by atoms with Crippen LogP contribution in [0.15, 0.2) is 18.2 Å². The first-order valence-electron chi connectivity index (χ1n) is 5.94. The second-order valence-electron chi connectivity index (χ2n) is 4.42. The van der Waals surface area contributed by atoms with Gasteiger partial charge in [-0.1, -0.05) is 24.6 Å². The van der Waals surface area contributed by atoms with Gasteiger partial charge in [0.25, 0.3) is 0 Å². The van der Waals surface area contributed by atoms with Crippen LogP contribution < -0.4 is 11.1 Å². The second-order valence-corrected chi connectivity index (χ2v) is 4.83. The van der Waals surface area contributed by atoms with Crippen molar-refractivity contribution in [2.24, 2.45) is 11.7 Å². The van der Waals surface area contributed by atoms with E-state index in [0.717, 1.165) is 18.5 Å². The zero-order valence-corrected chi connectivity index (χ0v) is 11.2. The molecule has 0 saturated carbocycles. The third kappa shape index (κ3) is 4.64. The van der Waals surface area contributed by atoms with Gasteiger partial charge in [-0.15, -0.1) is 0 Å². The van der Waals surface area contributed by atoms with E-state index in [1.807, 2.05) is 0 Å². The highest BCUT2D eigenvalue weighted by atomic mass is 35.5. The zero-order chi connectivity index (χ0) is 13.5. The summed E-state index contributed by atoms with van der Waals surface area (Å²) in [4.78, 5) is 11.0. The Morgan fingerprint density at radius 1 is 1.56 bits per heavy atom. The number of carbonyl (C=O) groups excluding carboxylic acids is 1. The Hall–Kier alpha value is -1.10. The lowest BCUT2D eigenvalue weighted by molar-refractivity contribution is 0.100. The normalized spacial score (nSPS) is 12.4. The van der Waals surface area contributed by atoms with Crippen LogP contribution in [-0.4, -0.2) is 24.2 Å². The Bertz CT molecular complexity index is 410. The zero-order valence-electron chi connectivity index (χ0n) is 10.4. The van der Waals surface area contributed by atoms with Gasteiger partial charge >= 0.3 is 0 Å². The van der Waals surface area contributed by atoms with Crippen molar-refractivity contribution in [2.45, 2.75) is 19.9 Å². The third-order valence-corrected chi connectivity index (χ3v) is 3.12. The number of aliphatic hydroxyl groups is 1. The molecule has 0 aromatic heterocycles. The summed E-state index contributed by atoms with van der Waals surface area (Å²) in [6.07, 6.45) is 0.779. The molecular formula is C13H19ClN2O2. The molecule has 0 fully saturated rings. The first-order chi connectivity index (χ1) is 8.54. The Labute approximate surface area is 112 Å². The van der Waals surface area contributed by atoms with E-state index in [9.17, 15) is 4.79 Å².